The van der Waals surface area contributed by atoms with Crippen molar-refractivity contribution in [1.82, 2.24) is 9.97 Å². The lowest BCUT2D eigenvalue weighted by Gasteiger charge is -1.99. The summed E-state index contributed by atoms with van der Waals surface area (Å²) in [5.41, 5.74) is 0.827. The average Bonchev–Trinajstić information content (AvgIpc) is 2.66. The van der Waals surface area contributed by atoms with Crippen LogP contribution < -0.4 is 0 Å². The molecule has 0 aliphatic rings. The van der Waals surface area contributed by atoms with Crippen LogP contribution in [-0.4, -0.2) is 9.97 Å². The topological polar surface area (TPSA) is 28.7 Å². The van der Waals surface area contributed by atoms with Gasteiger partial charge in [0.25, 0.3) is 0 Å². The minimum atomic E-state index is -0.607. The second-order valence-corrected chi connectivity index (χ2v) is 3.34. The van der Waals surface area contributed by atoms with E-state index in [-0.39, 0.29) is 0 Å². The Bertz CT molecular complexity index is 482. The molecular weight excluding hydrogens is 218 g/mol. The van der Waals surface area contributed by atoms with Gasteiger partial charge in [-0.3, -0.25) is 0 Å². The Labute approximate surface area is 90.8 Å². The van der Waals surface area contributed by atoms with Gasteiger partial charge in [0.15, 0.2) is 0 Å². The van der Waals surface area contributed by atoms with Crippen LogP contribution in [0.4, 0.5) is 8.78 Å². The molecule has 1 heterocycles. The molecule has 1 aromatic heterocycles. The minimum Gasteiger partial charge on any atom is -0.341 e. The number of rotatable bonds is 2. The maximum atomic E-state index is 13.3. The standard InChI is InChI=1S/C10H8F2N2S/c11-6-1-2-7(8(12)3-6)9-4-13-10(5-15)14-9/h1-4,15H,5H2,(H,13,14). The van der Waals surface area contributed by atoms with E-state index < -0.39 is 11.6 Å². The maximum Gasteiger partial charge on any atom is 0.135 e. The Morgan fingerprint density at radius 3 is 2.73 bits per heavy atom. The predicted molar refractivity (Wildman–Crippen MR) is 56.6 cm³/mol. The molecule has 5 heteroatoms. The number of H-pyrrole nitrogens is 1. The third-order valence-electron chi connectivity index (χ3n) is 2.00. The molecule has 0 atom stereocenters. The molecule has 1 N–H and O–H groups in total. The molecule has 0 spiro atoms. The summed E-state index contributed by atoms with van der Waals surface area (Å²) in [6, 6.07) is 3.43. The van der Waals surface area contributed by atoms with Gasteiger partial charge in [0.1, 0.15) is 17.5 Å². The Kier molecular flexibility index (Phi) is 2.73. The smallest absolute Gasteiger partial charge is 0.135 e. The van der Waals surface area contributed by atoms with Crippen LogP contribution in [0.25, 0.3) is 11.3 Å². The van der Waals surface area contributed by atoms with E-state index in [1.807, 2.05) is 0 Å². The summed E-state index contributed by atoms with van der Waals surface area (Å²) in [7, 11) is 0. The molecule has 0 saturated heterocycles. The van der Waals surface area contributed by atoms with Crippen LogP contribution >= 0.6 is 12.6 Å². The summed E-state index contributed by atoms with van der Waals surface area (Å²) in [6.07, 6.45) is 1.50. The van der Waals surface area contributed by atoms with Gasteiger partial charge in [-0.15, -0.1) is 0 Å². The predicted octanol–water partition coefficient (Wildman–Crippen LogP) is 2.78. The van der Waals surface area contributed by atoms with Gasteiger partial charge in [0.2, 0.25) is 0 Å². The van der Waals surface area contributed by atoms with E-state index in [4.69, 9.17) is 0 Å². The van der Waals surface area contributed by atoms with Crippen molar-refractivity contribution >= 4 is 12.6 Å². The van der Waals surface area contributed by atoms with Crippen molar-refractivity contribution in [3.05, 3.63) is 41.9 Å². The summed E-state index contributed by atoms with van der Waals surface area (Å²) in [6.45, 7) is 0. The zero-order valence-corrected chi connectivity index (χ0v) is 8.56. The van der Waals surface area contributed by atoms with Crippen LogP contribution in [0.5, 0.6) is 0 Å². The van der Waals surface area contributed by atoms with Gasteiger partial charge < -0.3 is 4.98 Å². The van der Waals surface area contributed by atoms with Crippen LogP contribution in [0.1, 0.15) is 5.82 Å². The number of aromatic nitrogens is 2. The van der Waals surface area contributed by atoms with E-state index in [1.165, 1.54) is 18.3 Å². The van der Waals surface area contributed by atoms with E-state index in [0.29, 0.717) is 22.8 Å². The molecule has 2 rings (SSSR count). The lowest BCUT2D eigenvalue weighted by atomic mass is 10.1. The number of benzene rings is 1. The first kappa shape index (κ1) is 10.2. The number of nitrogens with one attached hydrogen (secondary N) is 1. The van der Waals surface area contributed by atoms with E-state index in [1.54, 1.807) is 0 Å². The van der Waals surface area contributed by atoms with Crippen molar-refractivity contribution in [1.29, 1.82) is 0 Å². The Balaban J connectivity index is 2.44. The largest absolute Gasteiger partial charge is 0.341 e. The van der Waals surface area contributed by atoms with Crippen molar-refractivity contribution in [2.24, 2.45) is 0 Å². The fourth-order valence-corrected chi connectivity index (χ4v) is 1.45. The van der Waals surface area contributed by atoms with Crippen LogP contribution in [0.15, 0.2) is 24.4 Å². The number of hydrogen-bond donors (Lipinski definition) is 2. The first-order valence-corrected chi connectivity index (χ1v) is 4.94. The first-order valence-electron chi connectivity index (χ1n) is 4.31. The third-order valence-corrected chi connectivity index (χ3v) is 2.30. The number of halogens is 2. The SMILES string of the molecule is Fc1ccc(-c2cnc(CS)[nH]2)c(F)c1. The van der Waals surface area contributed by atoms with Gasteiger partial charge in [-0.1, -0.05) is 0 Å². The lowest BCUT2D eigenvalue weighted by Crippen LogP contribution is -1.87. The van der Waals surface area contributed by atoms with E-state index in [2.05, 4.69) is 22.6 Å². The fraction of sp³-hybridized carbons (Fsp3) is 0.100. The highest BCUT2D eigenvalue weighted by atomic mass is 32.1. The lowest BCUT2D eigenvalue weighted by molar-refractivity contribution is 0.585. The minimum absolute atomic E-state index is 0.303. The van der Waals surface area contributed by atoms with Crippen molar-refractivity contribution in [2.75, 3.05) is 0 Å². The molecule has 0 radical (unpaired) electrons. The zero-order chi connectivity index (χ0) is 10.8. The molecule has 78 valence electrons. The normalized spacial score (nSPS) is 10.6. The summed E-state index contributed by atoms with van der Waals surface area (Å²) < 4.78 is 26.0. The van der Waals surface area contributed by atoms with Gasteiger partial charge in [0, 0.05) is 17.4 Å². The molecule has 0 saturated carbocycles. The van der Waals surface area contributed by atoms with E-state index >= 15 is 0 Å². The highest BCUT2D eigenvalue weighted by molar-refractivity contribution is 7.79. The first-order chi connectivity index (χ1) is 7.20. The Morgan fingerprint density at radius 1 is 1.33 bits per heavy atom. The molecule has 0 fully saturated rings. The second-order valence-electron chi connectivity index (χ2n) is 3.03. The quantitative estimate of drug-likeness (QED) is 0.757. The van der Waals surface area contributed by atoms with Gasteiger partial charge >= 0.3 is 0 Å². The van der Waals surface area contributed by atoms with Gasteiger partial charge in [-0.2, -0.15) is 12.6 Å². The van der Waals surface area contributed by atoms with Crippen LogP contribution in [0, 0.1) is 11.6 Å². The van der Waals surface area contributed by atoms with Gasteiger partial charge in [0.05, 0.1) is 11.9 Å². The fourth-order valence-electron chi connectivity index (χ4n) is 1.29. The summed E-state index contributed by atoms with van der Waals surface area (Å²) in [4.78, 5) is 6.87. The highest BCUT2D eigenvalue weighted by Crippen LogP contribution is 2.21. The zero-order valence-electron chi connectivity index (χ0n) is 7.67. The highest BCUT2D eigenvalue weighted by Gasteiger charge is 2.08. The van der Waals surface area contributed by atoms with Crippen molar-refractivity contribution in [3.63, 3.8) is 0 Å². The van der Waals surface area contributed by atoms with Gasteiger partial charge in [-0.05, 0) is 12.1 Å². The Morgan fingerprint density at radius 2 is 2.13 bits per heavy atom. The average molecular weight is 226 g/mol. The molecule has 0 unspecified atom stereocenters. The number of nitrogens with zero attached hydrogens (tertiary/aromatic N) is 1. The number of thiol groups is 1. The van der Waals surface area contributed by atoms with Gasteiger partial charge in [-0.25, -0.2) is 13.8 Å². The third kappa shape index (κ3) is 2.02. The molecule has 2 nitrogen and oxygen atoms in total. The van der Waals surface area contributed by atoms with Crippen molar-refractivity contribution < 1.29 is 8.78 Å². The van der Waals surface area contributed by atoms with E-state index in [9.17, 15) is 8.78 Å². The maximum absolute atomic E-state index is 13.3. The summed E-state index contributed by atoms with van der Waals surface area (Å²) in [5, 5.41) is 0. The number of imidazole rings is 1. The molecule has 0 amide bonds. The number of hydrogen-bond acceptors (Lipinski definition) is 2. The molecule has 0 aliphatic carbocycles. The molecule has 1 aromatic carbocycles. The molecule has 2 aromatic rings. The Hall–Kier alpha value is -1.36. The van der Waals surface area contributed by atoms with E-state index in [0.717, 1.165) is 6.07 Å². The molecule has 0 bridgehead atoms. The van der Waals surface area contributed by atoms with Crippen molar-refractivity contribution in [2.45, 2.75) is 5.75 Å². The summed E-state index contributed by atoms with van der Waals surface area (Å²) >= 11 is 4.03. The summed E-state index contributed by atoms with van der Waals surface area (Å²) in [5.74, 6) is -0.102. The van der Waals surface area contributed by atoms with Crippen LogP contribution in [-0.2, 0) is 5.75 Å². The van der Waals surface area contributed by atoms with Crippen LogP contribution in [0.3, 0.4) is 0 Å². The monoisotopic (exact) mass is 226 g/mol. The molecular formula is C10H8F2N2S. The van der Waals surface area contributed by atoms with Crippen molar-refractivity contribution in [3.8, 4) is 11.3 Å². The van der Waals surface area contributed by atoms with Crippen LogP contribution in [0.2, 0.25) is 0 Å². The number of aromatic amines is 1. The molecule has 15 heavy (non-hydrogen) atoms. The second kappa shape index (κ2) is 4.02. The molecule has 0 aliphatic heterocycles.